The van der Waals surface area contributed by atoms with Crippen molar-refractivity contribution in [3.8, 4) is 5.75 Å². The van der Waals surface area contributed by atoms with Crippen molar-refractivity contribution in [3.63, 3.8) is 0 Å². The zero-order chi connectivity index (χ0) is 26.2. The van der Waals surface area contributed by atoms with Crippen molar-refractivity contribution in [1.29, 1.82) is 0 Å². The molecule has 1 atom stereocenters. The summed E-state index contributed by atoms with van der Waals surface area (Å²) in [5, 5.41) is 22.8. The fourth-order valence-electron chi connectivity index (χ4n) is 5.00. The first-order chi connectivity index (χ1) is 16.6. The summed E-state index contributed by atoms with van der Waals surface area (Å²) >= 11 is 0. The maximum Gasteiger partial charge on any atom is 0.268 e. The predicted molar refractivity (Wildman–Crippen MR) is 142 cm³/mol. The van der Waals surface area contributed by atoms with Crippen LogP contribution in [0.3, 0.4) is 0 Å². The van der Waals surface area contributed by atoms with Crippen molar-refractivity contribution >= 4 is 5.91 Å². The molecule has 0 radical (unpaired) electrons. The fourth-order valence-corrected chi connectivity index (χ4v) is 5.00. The molecule has 0 bridgehead atoms. The Bertz CT molecular complexity index is 958. The van der Waals surface area contributed by atoms with E-state index in [1.54, 1.807) is 6.92 Å². The van der Waals surface area contributed by atoms with Crippen LogP contribution in [0.1, 0.15) is 101 Å². The van der Waals surface area contributed by atoms with Crippen molar-refractivity contribution in [2.24, 2.45) is 0 Å². The SMILES string of the molecule is CCn1c(C(=O)NC(C)CO)ccc1C(CC)(CC)c1ccc(OCCC(O)(CC)CC)c(C)c1. The minimum absolute atomic E-state index is 0.0941. The molecular weight excluding hydrogens is 440 g/mol. The highest BCUT2D eigenvalue weighted by Gasteiger charge is 2.35. The standard InChI is InChI=1S/C29H46N2O4/c1-8-28(34,9-2)17-18-35-25-15-13-23(19-21(25)6)29(10-3,11-4)26-16-14-24(31(26)12-5)27(33)30-22(7)20-32/h13-16,19,22,32,34H,8-12,17-18,20H2,1-7H3,(H,30,33). The van der Waals surface area contributed by atoms with E-state index in [4.69, 9.17) is 4.74 Å². The quantitative estimate of drug-likeness (QED) is 0.336. The van der Waals surface area contributed by atoms with Crippen molar-refractivity contribution in [2.45, 2.75) is 104 Å². The van der Waals surface area contributed by atoms with Crippen LogP contribution in [0.4, 0.5) is 0 Å². The molecule has 1 aromatic heterocycles. The number of amides is 1. The van der Waals surface area contributed by atoms with Crippen molar-refractivity contribution in [2.75, 3.05) is 13.2 Å². The first-order valence-corrected chi connectivity index (χ1v) is 13.2. The first-order valence-electron chi connectivity index (χ1n) is 13.2. The molecule has 1 heterocycles. The van der Waals surface area contributed by atoms with Crippen LogP contribution < -0.4 is 10.1 Å². The molecule has 0 saturated carbocycles. The van der Waals surface area contributed by atoms with Crippen LogP contribution in [-0.4, -0.2) is 45.5 Å². The van der Waals surface area contributed by atoms with Gasteiger partial charge in [-0.25, -0.2) is 0 Å². The molecule has 2 aromatic rings. The number of aliphatic hydroxyl groups is 2. The Labute approximate surface area is 211 Å². The second-order valence-corrected chi connectivity index (χ2v) is 9.70. The van der Waals surface area contributed by atoms with Gasteiger partial charge in [0.05, 0.1) is 18.8 Å². The molecule has 0 aliphatic rings. The van der Waals surface area contributed by atoms with Gasteiger partial charge in [-0.05, 0) is 75.8 Å². The molecule has 0 saturated heterocycles. The van der Waals surface area contributed by atoms with E-state index in [0.29, 0.717) is 25.3 Å². The topological polar surface area (TPSA) is 83.7 Å². The Kier molecular flexibility index (Phi) is 10.4. The summed E-state index contributed by atoms with van der Waals surface area (Å²) in [6, 6.07) is 10.1. The van der Waals surface area contributed by atoms with Gasteiger partial charge in [0.1, 0.15) is 11.4 Å². The molecule has 1 unspecified atom stereocenters. The summed E-state index contributed by atoms with van der Waals surface area (Å²) in [6.07, 6.45) is 3.83. The molecule has 6 nitrogen and oxygen atoms in total. The lowest BCUT2D eigenvalue weighted by atomic mass is 9.72. The normalized spacial score (nSPS) is 13.1. The van der Waals surface area contributed by atoms with E-state index < -0.39 is 5.60 Å². The number of aliphatic hydroxyl groups excluding tert-OH is 1. The lowest BCUT2D eigenvalue weighted by Gasteiger charge is -2.35. The number of ether oxygens (including phenoxy) is 1. The maximum atomic E-state index is 12.9. The third-order valence-corrected chi connectivity index (χ3v) is 7.75. The van der Waals surface area contributed by atoms with Crippen LogP contribution in [0.2, 0.25) is 0 Å². The molecule has 0 aliphatic carbocycles. The summed E-state index contributed by atoms with van der Waals surface area (Å²) in [5.74, 6) is 0.674. The first kappa shape index (κ1) is 28.9. The molecule has 3 N–H and O–H groups in total. The lowest BCUT2D eigenvalue weighted by Crippen LogP contribution is -2.37. The number of benzene rings is 1. The van der Waals surface area contributed by atoms with Gasteiger partial charge in [-0.3, -0.25) is 4.79 Å². The highest BCUT2D eigenvalue weighted by molar-refractivity contribution is 5.93. The molecule has 6 heteroatoms. The Morgan fingerprint density at radius 2 is 1.71 bits per heavy atom. The van der Waals surface area contributed by atoms with Crippen molar-refractivity contribution in [1.82, 2.24) is 9.88 Å². The Morgan fingerprint density at radius 3 is 2.23 bits per heavy atom. The van der Waals surface area contributed by atoms with E-state index in [1.165, 1.54) is 5.56 Å². The molecular formula is C29H46N2O4. The van der Waals surface area contributed by atoms with Crippen LogP contribution in [0.15, 0.2) is 30.3 Å². The maximum absolute atomic E-state index is 12.9. The van der Waals surface area contributed by atoms with Gasteiger partial charge in [0.25, 0.3) is 5.91 Å². The largest absolute Gasteiger partial charge is 0.493 e. The molecule has 0 fully saturated rings. The van der Waals surface area contributed by atoms with Crippen molar-refractivity contribution in [3.05, 3.63) is 52.8 Å². The monoisotopic (exact) mass is 486 g/mol. The summed E-state index contributed by atoms with van der Waals surface area (Å²) in [5.41, 5.74) is 3.09. The van der Waals surface area contributed by atoms with E-state index in [-0.39, 0.29) is 24.0 Å². The predicted octanol–water partition coefficient (Wildman–Crippen LogP) is 5.35. The third-order valence-electron chi connectivity index (χ3n) is 7.75. The number of aryl methyl sites for hydroxylation is 1. The minimum atomic E-state index is -0.669. The van der Waals surface area contributed by atoms with Crippen molar-refractivity contribution < 1.29 is 19.7 Å². The fraction of sp³-hybridized carbons (Fsp3) is 0.621. The lowest BCUT2D eigenvalue weighted by molar-refractivity contribution is 0.0116. The summed E-state index contributed by atoms with van der Waals surface area (Å²) in [7, 11) is 0. The number of hydrogen-bond acceptors (Lipinski definition) is 4. The molecule has 196 valence electrons. The van der Waals surface area contributed by atoms with Gasteiger partial charge in [0.2, 0.25) is 0 Å². The van der Waals surface area contributed by atoms with Gasteiger partial charge in [-0.2, -0.15) is 0 Å². The van der Waals surface area contributed by atoms with Crippen LogP contribution >= 0.6 is 0 Å². The number of carbonyl (C=O) groups excluding carboxylic acids is 1. The Morgan fingerprint density at radius 1 is 1.06 bits per heavy atom. The van der Waals surface area contributed by atoms with E-state index in [0.717, 1.165) is 42.7 Å². The van der Waals surface area contributed by atoms with E-state index in [2.05, 4.69) is 55.8 Å². The molecule has 2 rings (SSSR count). The van der Waals surface area contributed by atoms with Gasteiger partial charge in [-0.15, -0.1) is 0 Å². The number of carbonyl (C=O) groups is 1. The molecule has 1 amide bonds. The average molecular weight is 487 g/mol. The molecule has 1 aromatic carbocycles. The smallest absolute Gasteiger partial charge is 0.268 e. The number of aromatic nitrogens is 1. The van der Waals surface area contributed by atoms with E-state index in [1.807, 2.05) is 26.0 Å². The second kappa shape index (κ2) is 12.6. The third kappa shape index (κ3) is 6.28. The molecule has 0 aliphatic heterocycles. The van der Waals surface area contributed by atoms with Crippen LogP contribution in [0.25, 0.3) is 0 Å². The zero-order valence-corrected chi connectivity index (χ0v) is 22.8. The second-order valence-electron chi connectivity index (χ2n) is 9.70. The van der Waals surface area contributed by atoms with Gasteiger partial charge < -0.3 is 24.8 Å². The molecule has 35 heavy (non-hydrogen) atoms. The highest BCUT2D eigenvalue weighted by atomic mass is 16.5. The zero-order valence-electron chi connectivity index (χ0n) is 22.8. The van der Waals surface area contributed by atoms with E-state index in [9.17, 15) is 15.0 Å². The Hall–Kier alpha value is -2.31. The average Bonchev–Trinajstić information content (AvgIpc) is 3.31. The molecule has 0 spiro atoms. The number of nitrogens with zero attached hydrogens (tertiary/aromatic N) is 1. The Balaban J connectivity index is 2.38. The summed E-state index contributed by atoms with van der Waals surface area (Å²) in [6.45, 7) is 15.4. The van der Waals surface area contributed by atoms with E-state index >= 15 is 0 Å². The van der Waals surface area contributed by atoms with Gasteiger partial charge >= 0.3 is 0 Å². The summed E-state index contributed by atoms with van der Waals surface area (Å²) in [4.78, 5) is 12.9. The summed E-state index contributed by atoms with van der Waals surface area (Å²) < 4.78 is 8.17. The number of hydrogen-bond donors (Lipinski definition) is 3. The van der Waals surface area contributed by atoms with Gasteiger partial charge in [-0.1, -0.05) is 39.8 Å². The van der Waals surface area contributed by atoms with Crippen LogP contribution in [-0.2, 0) is 12.0 Å². The number of rotatable bonds is 14. The minimum Gasteiger partial charge on any atom is -0.493 e. The van der Waals surface area contributed by atoms with Crippen LogP contribution in [0, 0.1) is 6.92 Å². The number of nitrogens with one attached hydrogen (secondary N) is 1. The van der Waals surface area contributed by atoms with Crippen LogP contribution in [0.5, 0.6) is 5.75 Å². The highest BCUT2D eigenvalue weighted by Crippen LogP contribution is 2.41. The van der Waals surface area contributed by atoms with Gasteiger partial charge in [0.15, 0.2) is 0 Å². The van der Waals surface area contributed by atoms with Gasteiger partial charge in [0, 0.05) is 30.1 Å².